The first kappa shape index (κ1) is 23.0. The highest BCUT2D eigenvalue weighted by atomic mass is 19.2. The van der Waals surface area contributed by atoms with Gasteiger partial charge in [0.1, 0.15) is 12.2 Å². The Labute approximate surface area is 180 Å². The minimum atomic E-state index is -1.02. The van der Waals surface area contributed by atoms with E-state index in [4.69, 9.17) is 5.41 Å². The molecule has 31 heavy (non-hydrogen) atoms. The summed E-state index contributed by atoms with van der Waals surface area (Å²) in [5.41, 5.74) is 1.55. The molecule has 0 aromatic heterocycles. The fourth-order valence-corrected chi connectivity index (χ4v) is 3.68. The number of halogens is 2. The zero-order chi connectivity index (χ0) is 22.5. The second-order valence-electron chi connectivity index (χ2n) is 8.04. The Morgan fingerprint density at radius 1 is 1.06 bits per heavy atom. The fraction of sp³-hybridized carbons (Fsp3) is 0.476. The van der Waals surface area contributed by atoms with Crippen molar-refractivity contribution in [1.82, 2.24) is 20.0 Å². The maximum atomic E-state index is 13.6. The van der Waals surface area contributed by atoms with Crippen LogP contribution in [0.15, 0.2) is 29.5 Å². The molecule has 0 unspecified atom stereocenters. The van der Waals surface area contributed by atoms with E-state index in [9.17, 15) is 18.4 Å². The van der Waals surface area contributed by atoms with Crippen LogP contribution in [0.25, 0.3) is 0 Å². The highest BCUT2D eigenvalue weighted by molar-refractivity contribution is 6.11. The first-order valence-corrected chi connectivity index (χ1v) is 10.3. The molecule has 1 aromatic rings. The number of nitrogens with one attached hydrogen (secondary N) is 2. The van der Waals surface area contributed by atoms with E-state index >= 15 is 0 Å². The Bertz CT molecular complexity index is 896. The molecule has 0 bridgehead atoms. The van der Waals surface area contributed by atoms with E-state index in [0.29, 0.717) is 43.9 Å². The minimum absolute atomic E-state index is 0.0537. The number of hydrogen-bond acceptors (Lipinski definition) is 5. The van der Waals surface area contributed by atoms with Gasteiger partial charge in [0, 0.05) is 56.8 Å². The number of amides is 3. The Balaban J connectivity index is 1.65. The van der Waals surface area contributed by atoms with E-state index in [1.807, 2.05) is 19.0 Å². The number of rotatable bonds is 5. The van der Waals surface area contributed by atoms with Gasteiger partial charge in [-0.3, -0.25) is 15.5 Å². The molecule has 10 heteroatoms. The molecule has 168 valence electrons. The minimum Gasteiger partial charge on any atom is -0.339 e. The van der Waals surface area contributed by atoms with Crippen LogP contribution in [0, 0.1) is 17.0 Å². The number of carbonyl (C=O) groups excluding carboxylic acids is 2. The quantitative estimate of drug-likeness (QED) is 0.566. The number of piperazine rings is 1. The number of nitrogens with zero attached hydrogens (tertiary/aromatic N) is 3. The third-order valence-electron chi connectivity index (χ3n) is 5.66. The second kappa shape index (κ2) is 10.1. The van der Waals surface area contributed by atoms with Crippen molar-refractivity contribution in [2.24, 2.45) is 0 Å². The summed E-state index contributed by atoms with van der Waals surface area (Å²) in [7, 11) is 3.90. The molecule has 3 amide bonds. The second-order valence-corrected chi connectivity index (χ2v) is 8.04. The highest BCUT2D eigenvalue weighted by Gasteiger charge is 2.27. The van der Waals surface area contributed by atoms with Crippen molar-refractivity contribution in [1.29, 1.82) is 5.41 Å². The maximum absolute atomic E-state index is 13.6. The number of primary amides is 1. The van der Waals surface area contributed by atoms with Gasteiger partial charge in [0.25, 0.3) is 0 Å². The number of quaternary nitrogens is 1. The van der Waals surface area contributed by atoms with Crippen LogP contribution in [0.5, 0.6) is 0 Å². The third-order valence-corrected chi connectivity index (χ3v) is 5.66. The molecule has 1 fully saturated rings. The van der Waals surface area contributed by atoms with Crippen molar-refractivity contribution in [3.63, 3.8) is 0 Å². The molecule has 2 aliphatic heterocycles. The molecule has 3 rings (SSSR count). The van der Waals surface area contributed by atoms with E-state index in [1.165, 1.54) is 11.4 Å². The highest BCUT2D eigenvalue weighted by Crippen LogP contribution is 2.18. The smallest absolute Gasteiger partial charge is 0.339 e. The number of nitrogens with two attached hydrogens (primary N) is 1. The Hall–Kier alpha value is -2.69. The van der Waals surface area contributed by atoms with Gasteiger partial charge in [0.2, 0.25) is 5.91 Å². The Kier molecular flexibility index (Phi) is 7.47. The summed E-state index contributed by atoms with van der Waals surface area (Å²) in [6, 6.07) is 2.94. The first-order chi connectivity index (χ1) is 14.7. The van der Waals surface area contributed by atoms with Crippen molar-refractivity contribution >= 4 is 17.6 Å². The van der Waals surface area contributed by atoms with E-state index in [2.05, 4.69) is 10.2 Å². The number of carbonyl (C=O) groups is 2. The van der Waals surface area contributed by atoms with Gasteiger partial charge < -0.3 is 14.7 Å². The van der Waals surface area contributed by atoms with Crippen molar-refractivity contribution in [3.05, 3.63) is 46.7 Å². The topological polar surface area (TPSA) is 96.3 Å². The molecule has 0 aliphatic carbocycles. The van der Waals surface area contributed by atoms with E-state index < -0.39 is 17.7 Å². The maximum Gasteiger partial charge on any atom is 0.418 e. The van der Waals surface area contributed by atoms with Crippen LogP contribution in [0.4, 0.5) is 13.6 Å². The van der Waals surface area contributed by atoms with Crippen LogP contribution in [-0.4, -0.2) is 92.3 Å². The Morgan fingerprint density at radius 2 is 1.77 bits per heavy atom. The zero-order valence-electron chi connectivity index (χ0n) is 17.9. The fourth-order valence-electron chi connectivity index (χ4n) is 3.68. The standard InChI is InChI=1S/C21H28F2N6O2/c1-27-7-9-29(10-8-27)19(30)12-25-21(31)26-18-5-6-28(2)13-15(18)20(24)14-3-4-16(22)17(23)11-14/h3-4,11,24H,5-10,12-13H2,1-2H3,(H2,25,26,31)/p+1. The van der Waals surface area contributed by atoms with E-state index in [0.717, 1.165) is 25.2 Å². The van der Waals surface area contributed by atoms with Crippen LogP contribution in [0.1, 0.15) is 12.0 Å². The summed E-state index contributed by atoms with van der Waals surface area (Å²) in [4.78, 5) is 30.7. The van der Waals surface area contributed by atoms with Crippen LogP contribution >= 0.6 is 0 Å². The lowest BCUT2D eigenvalue weighted by atomic mass is 9.96. The molecule has 4 N–H and O–H groups in total. The monoisotopic (exact) mass is 435 g/mol. The molecule has 8 nitrogen and oxygen atoms in total. The molecule has 1 aromatic carbocycles. The summed E-state index contributed by atoms with van der Waals surface area (Å²) >= 11 is 0. The van der Waals surface area contributed by atoms with Gasteiger partial charge in [0.05, 0.1) is 5.71 Å². The van der Waals surface area contributed by atoms with Crippen LogP contribution in [-0.2, 0) is 4.79 Å². The SMILES string of the molecule is CN1CCN(C(=O)CNC(=O)[NH2+]C2=C(C(=N)c3ccc(F)c(F)c3)CN(C)CC2)CC1. The van der Waals surface area contributed by atoms with Gasteiger partial charge >= 0.3 is 6.03 Å². The van der Waals surface area contributed by atoms with Crippen LogP contribution in [0.3, 0.4) is 0 Å². The zero-order valence-corrected chi connectivity index (χ0v) is 17.9. The predicted molar refractivity (Wildman–Crippen MR) is 112 cm³/mol. The summed E-state index contributed by atoms with van der Waals surface area (Å²) in [6.07, 6.45) is 0.539. The summed E-state index contributed by atoms with van der Waals surface area (Å²) < 4.78 is 26.9. The van der Waals surface area contributed by atoms with Crippen molar-refractivity contribution in [2.45, 2.75) is 6.42 Å². The number of hydrogen-bond donors (Lipinski definition) is 3. The molecule has 0 spiro atoms. The molecule has 0 saturated carbocycles. The van der Waals surface area contributed by atoms with Gasteiger partial charge in [-0.15, -0.1) is 0 Å². The number of benzene rings is 1. The lowest BCUT2D eigenvalue weighted by molar-refractivity contribution is -0.507. The van der Waals surface area contributed by atoms with E-state index in [-0.39, 0.29) is 23.7 Å². The predicted octanol–water partition coefficient (Wildman–Crippen LogP) is -0.0307. The number of urea groups is 1. The number of likely N-dealkylation sites (N-methyl/N-ethyl adjacent to an activating group) is 2. The van der Waals surface area contributed by atoms with Gasteiger partial charge in [-0.25, -0.2) is 18.9 Å². The first-order valence-electron chi connectivity index (χ1n) is 10.3. The molecule has 2 aliphatic rings. The van der Waals surface area contributed by atoms with Crippen molar-refractivity contribution in [3.8, 4) is 0 Å². The molecule has 0 radical (unpaired) electrons. The van der Waals surface area contributed by atoms with Gasteiger partial charge in [0.15, 0.2) is 11.6 Å². The lowest BCUT2D eigenvalue weighted by Gasteiger charge is -2.32. The molecule has 2 heterocycles. The van der Waals surface area contributed by atoms with Crippen LogP contribution < -0.4 is 10.6 Å². The lowest BCUT2D eigenvalue weighted by Crippen LogP contribution is -2.90. The summed E-state index contributed by atoms with van der Waals surface area (Å²) in [5.74, 6) is -2.11. The van der Waals surface area contributed by atoms with Crippen molar-refractivity contribution in [2.75, 3.05) is 59.9 Å². The van der Waals surface area contributed by atoms with Gasteiger partial charge in [-0.05, 0) is 32.3 Å². The summed E-state index contributed by atoms with van der Waals surface area (Å²) in [6.45, 7) is 3.93. The molecular formula is C21H29F2N6O2+. The Morgan fingerprint density at radius 3 is 2.45 bits per heavy atom. The van der Waals surface area contributed by atoms with E-state index in [1.54, 1.807) is 4.90 Å². The molecular weight excluding hydrogens is 406 g/mol. The molecule has 0 atom stereocenters. The van der Waals surface area contributed by atoms with Gasteiger partial charge in [-0.2, -0.15) is 0 Å². The normalized spacial score (nSPS) is 18.3. The largest absolute Gasteiger partial charge is 0.418 e. The average molecular weight is 435 g/mol. The van der Waals surface area contributed by atoms with Gasteiger partial charge in [-0.1, -0.05) is 0 Å². The van der Waals surface area contributed by atoms with Crippen molar-refractivity contribution < 1.29 is 23.7 Å². The molecule has 1 saturated heterocycles. The average Bonchev–Trinajstić information content (AvgIpc) is 2.75. The third kappa shape index (κ3) is 5.93. The van der Waals surface area contributed by atoms with Crippen LogP contribution in [0.2, 0.25) is 0 Å². The summed E-state index contributed by atoms with van der Waals surface area (Å²) in [5, 5.41) is 12.5.